The van der Waals surface area contributed by atoms with Crippen LogP contribution in [0, 0.1) is 6.92 Å². The van der Waals surface area contributed by atoms with Gasteiger partial charge in [-0.15, -0.1) is 0 Å². The van der Waals surface area contributed by atoms with Gasteiger partial charge in [0.05, 0.1) is 22.1 Å². The minimum Gasteiger partial charge on any atom is -0.309 e. The number of rotatable bonds is 0. The third kappa shape index (κ3) is 1.84. The number of aryl methyl sites for hydroxylation is 1. The maximum atomic E-state index is 2.50. The molecule has 1 atom stereocenters. The largest absolute Gasteiger partial charge is 0.309 e. The van der Waals surface area contributed by atoms with Crippen LogP contribution in [0.5, 0.6) is 0 Å². The van der Waals surface area contributed by atoms with Crippen LogP contribution in [-0.4, -0.2) is 4.57 Å². The van der Waals surface area contributed by atoms with Crippen LogP contribution in [0.1, 0.15) is 27.8 Å². The van der Waals surface area contributed by atoms with Crippen LogP contribution >= 0.6 is 0 Å². The van der Waals surface area contributed by atoms with E-state index in [9.17, 15) is 0 Å². The predicted molar refractivity (Wildman–Crippen MR) is 136 cm³/mol. The van der Waals surface area contributed by atoms with E-state index in [1.54, 1.807) is 0 Å². The lowest BCUT2D eigenvalue weighted by Crippen LogP contribution is -2.33. The third-order valence-corrected chi connectivity index (χ3v) is 7.92. The number of aromatic nitrogens is 1. The van der Waals surface area contributed by atoms with E-state index in [-0.39, 0.29) is 5.41 Å². The molecule has 33 heavy (non-hydrogen) atoms. The zero-order valence-electron chi connectivity index (χ0n) is 18.3. The quantitative estimate of drug-likeness (QED) is 0.237. The smallest absolute Gasteiger partial charge is 0.0754 e. The summed E-state index contributed by atoms with van der Waals surface area (Å²) in [5.41, 5.74) is 13.2. The molecule has 1 unspecified atom stereocenters. The molecular weight excluding hydrogens is 398 g/mol. The van der Waals surface area contributed by atoms with Crippen molar-refractivity contribution in [1.82, 2.24) is 4.57 Å². The van der Waals surface area contributed by atoms with Crippen LogP contribution in [0.15, 0.2) is 109 Å². The van der Waals surface area contributed by atoms with Gasteiger partial charge < -0.3 is 4.57 Å². The Bertz CT molecular complexity index is 1780. The van der Waals surface area contributed by atoms with Gasteiger partial charge in [-0.2, -0.15) is 0 Å². The first-order valence-corrected chi connectivity index (χ1v) is 11.6. The van der Waals surface area contributed by atoms with E-state index in [1.807, 2.05) is 0 Å². The van der Waals surface area contributed by atoms with Crippen molar-refractivity contribution in [2.45, 2.75) is 12.3 Å². The third-order valence-electron chi connectivity index (χ3n) is 7.92. The van der Waals surface area contributed by atoms with Crippen LogP contribution < -0.4 is 0 Å². The summed E-state index contributed by atoms with van der Waals surface area (Å²) in [5, 5.41) is 2.65. The van der Waals surface area contributed by atoms with E-state index < -0.39 is 0 Å². The summed E-state index contributed by atoms with van der Waals surface area (Å²) in [4.78, 5) is 0. The molecule has 0 fully saturated rings. The zero-order chi connectivity index (χ0) is 21.7. The highest BCUT2D eigenvalue weighted by atomic mass is 15.0. The Hall–Kier alpha value is -4.10. The summed E-state index contributed by atoms with van der Waals surface area (Å²) >= 11 is 0. The molecule has 0 bridgehead atoms. The van der Waals surface area contributed by atoms with Crippen molar-refractivity contribution in [3.63, 3.8) is 0 Å². The van der Waals surface area contributed by atoms with Crippen molar-refractivity contribution in [2.75, 3.05) is 0 Å². The Labute approximate surface area is 192 Å². The molecule has 5 aromatic carbocycles. The zero-order valence-corrected chi connectivity index (χ0v) is 18.3. The van der Waals surface area contributed by atoms with Gasteiger partial charge in [-0.3, -0.25) is 0 Å². The standard InChI is InChI=1S/C32H21N/c1-20-10-8-16-26-30(20)23-12-2-4-14-24(23)32(26)25-15-5-7-19-29(25)33-28-18-6-3-11-21(28)22-13-9-17-27(32)31(22)33/h2-19H,1H3. The minimum atomic E-state index is -0.321. The maximum absolute atomic E-state index is 2.50. The molecule has 1 aliphatic heterocycles. The van der Waals surface area contributed by atoms with Crippen LogP contribution in [0.4, 0.5) is 0 Å². The summed E-state index contributed by atoms with van der Waals surface area (Å²) in [6.45, 7) is 2.25. The molecule has 1 spiro atoms. The van der Waals surface area contributed by atoms with Crippen LogP contribution in [-0.2, 0) is 5.41 Å². The van der Waals surface area contributed by atoms with Gasteiger partial charge in [0.25, 0.3) is 0 Å². The number of para-hydroxylation sites is 3. The molecule has 0 amide bonds. The van der Waals surface area contributed by atoms with Crippen molar-refractivity contribution in [3.8, 4) is 16.8 Å². The monoisotopic (exact) mass is 419 g/mol. The highest BCUT2D eigenvalue weighted by Crippen LogP contribution is 2.61. The second-order valence-corrected chi connectivity index (χ2v) is 9.36. The van der Waals surface area contributed by atoms with Crippen molar-refractivity contribution in [3.05, 3.63) is 137 Å². The molecule has 0 radical (unpaired) electrons. The molecule has 2 heterocycles. The number of hydrogen-bond acceptors (Lipinski definition) is 0. The molecule has 1 nitrogen and oxygen atoms in total. The van der Waals surface area contributed by atoms with Gasteiger partial charge in [0.2, 0.25) is 0 Å². The summed E-state index contributed by atoms with van der Waals surface area (Å²) in [5.74, 6) is 0. The summed E-state index contributed by atoms with van der Waals surface area (Å²) in [7, 11) is 0. The number of hydrogen-bond donors (Lipinski definition) is 0. The van der Waals surface area contributed by atoms with Crippen molar-refractivity contribution < 1.29 is 0 Å². The van der Waals surface area contributed by atoms with Crippen LogP contribution in [0.3, 0.4) is 0 Å². The summed E-state index contributed by atoms with van der Waals surface area (Å²) < 4.78 is 2.50. The second-order valence-electron chi connectivity index (χ2n) is 9.36. The first kappa shape index (κ1) is 17.5. The molecule has 0 saturated carbocycles. The van der Waals surface area contributed by atoms with E-state index in [1.165, 1.54) is 66.4 Å². The predicted octanol–water partition coefficient (Wildman–Crippen LogP) is 7.77. The molecule has 0 saturated heterocycles. The Kier molecular flexibility index (Phi) is 3.08. The van der Waals surface area contributed by atoms with E-state index in [0.717, 1.165) is 0 Å². The van der Waals surface area contributed by atoms with E-state index in [0.29, 0.717) is 0 Å². The average molecular weight is 420 g/mol. The number of benzene rings is 5. The molecule has 154 valence electrons. The average Bonchev–Trinajstić information content (AvgIpc) is 3.36. The minimum absolute atomic E-state index is 0.321. The van der Waals surface area contributed by atoms with Gasteiger partial charge in [0, 0.05) is 10.8 Å². The SMILES string of the molecule is Cc1cccc2c1-c1ccccc1C21c2ccccc2-n2c3ccccc3c3cccc1c32. The Morgan fingerprint density at radius 2 is 1.21 bits per heavy atom. The van der Waals surface area contributed by atoms with Gasteiger partial charge in [-0.1, -0.05) is 97.1 Å². The van der Waals surface area contributed by atoms with Gasteiger partial charge in [-0.25, -0.2) is 0 Å². The lowest BCUT2D eigenvalue weighted by molar-refractivity contribution is 0.748. The summed E-state index contributed by atoms with van der Waals surface area (Å²) in [6, 6.07) is 40.6. The molecular formula is C32H21N. The topological polar surface area (TPSA) is 4.93 Å². The van der Waals surface area contributed by atoms with Crippen LogP contribution in [0.25, 0.3) is 38.6 Å². The molecule has 6 aromatic rings. The first-order chi connectivity index (χ1) is 16.3. The molecule has 0 N–H and O–H groups in total. The highest BCUT2D eigenvalue weighted by molar-refractivity contribution is 6.12. The Morgan fingerprint density at radius 1 is 0.545 bits per heavy atom. The van der Waals surface area contributed by atoms with E-state index >= 15 is 0 Å². The Morgan fingerprint density at radius 3 is 2.15 bits per heavy atom. The Balaban J connectivity index is 1.71. The first-order valence-electron chi connectivity index (χ1n) is 11.6. The fourth-order valence-corrected chi connectivity index (χ4v) is 6.79. The van der Waals surface area contributed by atoms with Gasteiger partial charge in [0.1, 0.15) is 0 Å². The lowest BCUT2D eigenvalue weighted by atomic mass is 9.65. The van der Waals surface area contributed by atoms with Gasteiger partial charge in [0.15, 0.2) is 0 Å². The molecule has 8 rings (SSSR count). The van der Waals surface area contributed by atoms with E-state index in [2.05, 4.69) is 121 Å². The van der Waals surface area contributed by atoms with Crippen molar-refractivity contribution in [1.29, 1.82) is 0 Å². The van der Waals surface area contributed by atoms with Crippen LogP contribution in [0.2, 0.25) is 0 Å². The molecule has 2 aliphatic rings. The summed E-state index contributed by atoms with van der Waals surface area (Å²) in [6.07, 6.45) is 0. The normalized spacial score (nSPS) is 17.4. The number of nitrogens with zero attached hydrogens (tertiary/aromatic N) is 1. The second kappa shape index (κ2) is 5.82. The van der Waals surface area contributed by atoms with Gasteiger partial charge in [-0.05, 0) is 58.0 Å². The molecule has 1 aromatic heterocycles. The molecule has 1 heteroatoms. The maximum Gasteiger partial charge on any atom is 0.0754 e. The van der Waals surface area contributed by atoms with Gasteiger partial charge >= 0.3 is 0 Å². The fourth-order valence-electron chi connectivity index (χ4n) is 6.79. The van der Waals surface area contributed by atoms with Crippen molar-refractivity contribution in [2.24, 2.45) is 0 Å². The van der Waals surface area contributed by atoms with Crippen molar-refractivity contribution >= 4 is 21.8 Å². The lowest BCUT2D eigenvalue weighted by Gasteiger charge is -2.39. The highest BCUT2D eigenvalue weighted by Gasteiger charge is 2.50. The van der Waals surface area contributed by atoms with E-state index in [4.69, 9.17) is 0 Å². The number of fused-ring (bicyclic) bond motifs is 12. The fraction of sp³-hybridized carbons (Fsp3) is 0.0625. The molecule has 1 aliphatic carbocycles.